The second-order valence-corrected chi connectivity index (χ2v) is 17.3. The maximum absolute atomic E-state index is 6.59. The van der Waals surface area contributed by atoms with Crippen LogP contribution in [-0.4, -0.2) is 16.6 Å². The Labute approximate surface area is 146 Å². The van der Waals surface area contributed by atoms with Crippen LogP contribution in [-0.2, 0) is 25.0 Å². The molecule has 2 saturated carbocycles. The van der Waals surface area contributed by atoms with Gasteiger partial charge in [0.05, 0.1) is 0 Å². The molecule has 0 saturated heterocycles. The first-order valence-electron chi connectivity index (χ1n) is 6.44. The zero-order valence-corrected chi connectivity index (χ0v) is 18.3. The fourth-order valence-corrected chi connectivity index (χ4v) is 10.3. The third-order valence-corrected chi connectivity index (χ3v) is 10.8. The first kappa shape index (κ1) is 19.9. The summed E-state index contributed by atoms with van der Waals surface area (Å²) in [6.45, 7) is 9.17. The van der Waals surface area contributed by atoms with Crippen molar-refractivity contribution < 1.29 is 25.0 Å². The van der Waals surface area contributed by atoms with Gasteiger partial charge in [0.15, 0.2) is 16.6 Å². The van der Waals surface area contributed by atoms with Gasteiger partial charge in [-0.05, 0) is 77.6 Å². The molecule has 0 aliphatic heterocycles. The summed E-state index contributed by atoms with van der Waals surface area (Å²) in [6, 6.07) is 0. The third kappa shape index (κ3) is 6.16. The zero-order chi connectivity index (χ0) is 15.2. The van der Waals surface area contributed by atoms with Gasteiger partial charge in [-0.15, -0.1) is 0 Å². The van der Waals surface area contributed by atoms with E-state index in [1.54, 1.807) is 0 Å². The van der Waals surface area contributed by atoms with E-state index in [1.165, 1.54) is 11.1 Å². The number of hydrogen-bond acceptors (Lipinski definition) is 1. The van der Waals surface area contributed by atoms with E-state index in [9.17, 15) is 0 Å². The van der Waals surface area contributed by atoms with Crippen molar-refractivity contribution in [1.29, 1.82) is 0 Å². The summed E-state index contributed by atoms with van der Waals surface area (Å²) in [7, 11) is 6.35. The number of halogens is 2. The Balaban J connectivity index is 0.000000612. The van der Waals surface area contributed by atoms with E-state index in [0.29, 0.717) is 0 Å². The van der Waals surface area contributed by atoms with Crippen molar-refractivity contribution in [3.63, 3.8) is 0 Å². The van der Waals surface area contributed by atoms with E-state index in [-0.39, 0.29) is 0 Å². The van der Waals surface area contributed by atoms with Gasteiger partial charge in [-0.2, -0.15) is 0 Å². The van der Waals surface area contributed by atoms with E-state index < -0.39 is 37.5 Å². The van der Waals surface area contributed by atoms with Crippen LogP contribution in [0.25, 0.3) is 0 Å². The molecule has 20 heavy (non-hydrogen) atoms. The SMILES string of the molecule is C[Si](C)(O[Si](C)(C)[C]1[CH][CH][CH][CH]1)[C]1[CH][CH][CH][CH]1.[Cl][Zr+2][Cl]. The van der Waals surface area contributed by atoms with Crippen LogP contribution in [0.5, 0.6) is 0 Å². The molecule has 0 aromatic rings. The molecule has 2 rings (SSSR count). The Morgan fingerprint density at radius 2 is 1.00 bits per heavy atom. The Bertz CT molecular complexity index is 252. The van der Waals surface area contributed by atoms with E-state index in [0.717, 1.165) is 0 Å². The molecule has 0 unspecified atom stereocenters. The van der Waals surface area contributed by atoms with E-state index in [1.807, 2.05) is 0 Å². The van der Waals surface area contributed by atoms with Crippen molar-refractivity contribution in [3.05, 3.63) is 62.4 Å². The van der Waals surface area contributed by atoms with Crippen LogP contribution in [0.4, 0.5) is 0 Å². The van der Waals surface area contributed by atoms with E-state index in [4.69, 9.17) is 21.1 Å². The molecule has 2 aliphatic carbocycles. The quantitative estimate of drug-likeness (QED) is 0.598. The summed E-state index contributed by atoms with van der Waals surface area (Å²) in [6.07, 6.45) is 17.2. The van der Waals surface area contributed by atoms with Crippen LogP contribution in [0.2, 0.25) is 26.2 Å². The number of hydrogen-bond donors (Lipinski definition) is 0. The molecule has 0 aromatic carbocycles. The fraction of sp³-hybridized carbons (Fsp3) is 0.286. The Morgan fingerprint density at radius 3 is 1.25 bits per heavy atom. The molecule has 1 nitrogen and oxygen atoms in total. The standard InChI is InChI=1S/C14H20OSi2.2ClH.Zr/c1-16(2,13-9-5-6-10-13)15-17(3,4)14-11-7-8-12-14;;;/h5-12H,1-4H3;2*1H;/q;;;+4/p-2. The molecule has 10 radical (unpaired) electrons. The number of rotatable bonds is 4. The van der Waals surface area contributed by atoms with Crippen LogP contribution in [0.3, 0.4) is 0 Å². The van der Waals surface area contributed by atoms with Gasteiger partial charge in [0, 0.05) is 11.1 Å². The van der Waals surface area contributed by atoms with Crippen LogP contribution in [0.15, 0.2) is 0 Å². The monoisotopic (exact) mass is 420 g/mol. The van der Waals surface area contributed by atoms with Crippen LogP contribution in [0.1, 0.15) is 0 Å². The Hall–Kier alpha value is 1.86. The molecule has 0 aromatic heterocycles. The molecule has 2 fully saturated rings. The molecule has 0 bridgehead atoms. The van der Waals surface area contributed by atoms with Crippen molar-refractivity contribution in [2.45, 2.75) is 26.2 Å². The molecule has 0 atom stereocenters. The summed E-state index contributed by atoms with van der Waals surface area (Å²) in [4.78, 5) is 0. The molecule has 0 N–H and O–H groups in total. The third-order valence-electron chi connectivity index (χ3n) is 3.23. The fourth-order valence-electron chi connectivity index (χ4n) is 2.31. The van der Waals surface area contributed by atoms with Gasteiger partial charge >= 0.3 is 37.9 Å². The minimum absolute atomic E-state index is 0.826. The summed E-state index contributed by atoms with van der Waals surface area (Å²) in [5.74, 6) is 0. The molecule has 2 aliphatic rings. The van der Waals surface area contributed by atoms with Crippen molar-refractivity contribution in [1.82, 2.24) is 0 Å². The van der Waals surface area contributed by atoms with Crippen LogP contribution < -0.4 is 0 Å². The molecule has 6 heteroatoms. The van der Waals surface area contributed by atoms with Crippen LogP contribution >= 0.6 is 17.0 Å². The summed E-state index contributed by atoms with van der Waals surface area (Å²) < 4.78 is 6.59. The first-order chi connectivity index (χ1) is 9.33. The van der Waals surface area contributed by atoms with Gasteiger partial charge in [0.2, 0.25) is 0 Å². The van der Waals surface area contributed by atoms with Gasteiger partial charge in [-0.1, -0.05) is 0 Å². The Kier molecular flexibility index (Phi) is 9.18. The average Bonchev–Trinajstić information content (AvgIpc) is 3.03. The first-order valence-corrected chi connectivity index (χ1v) is 18.6. The summed E-state index contributed by atoms with van der Waals surface area (Å²) in [5, 5.41) is 0. The van der Waals surface area contributed by atoms with Gasteiger partial charge in [0.25, 0.3) is 0 Å². The zero-order valence-electron chi connectivity index (χ0n) is 12.3. The van der Waals surface area contributed by atoms with Crippen molar-refractivity contribution in [2.75, 3.05) is 0 Å². The van der Waals surface area contributed by atoms with Gasteiger partial charge in [0.1, 0.15) is 0 Å². The van der Waals surface area contributed by atoms with Crippen molar-refractivity contribution in [2.24, 2.45) is 0 Å². The topological polar surface area (TPSA) is 9.23 Å². The minimum atomic E-state index is -1.76. The molecular weight excluding hydrogens is 402 g/mol. The second-order valence-electron chi connectivity index (χ2n) is 5.54. The average molecular weight is 423 g/mol. The van der Waals surface area contributed by atoms with Gasteiger partial charge in [-0.25, -0.2) is 0 Å². The van der Waals surface area contributed by atoms with E-state index in [2.05, 4.69) is 77.6 Å². The van der Waals surface area contributed by atoms with Crippen LogP contribution in [0, 0.1) is 62.4 Å². The molecule has 0 heterocycles. The molecule has 106 valence electrons. The normalized spacial score (nSPS) is 21.5. The van der Waals surface area contributed by atoms with E-state index >= 15 is 0 Å². The summed E-state index contributed by atoms with van der Waals surface area (Å²) >= 11 is -0.826. The summed E-state index contributed by atoms with van der Waals surface area (Å²) in [5.41, 5.74) is 2.79. The van der Waals surface area contributed by atoms with Gasteiger partial charge in [-0.3, -0.25) is 0 Å². The van der Waals surface area contributed by atoms with Crippen molar-refractivity contribution >= 4 is 33.7 Å². The predicted molar refractivity (Wildman–Crippen MR) is 88.6 cm³/mol. The molecule has 0 amide bonds. The second kappa shape index (κ2) is 9.23. The predicted octanol–water partition coefficient (Wildman–Crippen LogP) is 4.68. The molecule has 0 spiro atoms. The maximum atomic E-state index is 6.59. The Morgan fingerprint density at radius 1 is 0.750 bits per heavy atom. The molecular formula is C14H20Cl2OSi2Zr+2. The van der Waals surface area contributed by atoms with Gasteiger partial charge < -0.3 is 4.12 Å². The van der Waals surface area contributed by atoms with Crippen molar-refractivity contribution in [3.8, 4) is 0 Å².